The highest BCUT2D eigenvalue weighted by atomic mass is 19.1. The maximum absolute atomic E-state index is 13.0. The highest BCUT2D eigenvalue weighted by Gasteiger charge is 2.11. The van der Waals surface area contributed by atoms with Gasteiger partial charge < -0.3 is 10.6 Å². The highest BCUT2D eigenvalue weighted by Crippen LogP contribution is 2.08. The Hall–Kier alpha value is -1.84. The minimum Gasteiger partial charge on any atom is -0.353 e. The molecule has 0 atom stereocenters. The quantitative estimate of drug-likeness (QED) is 0.488. The lowest BCUT2D eigenvalue weighted by Gasteiger charge is -2.16. The van der Waals surface area contributed by atoms with Gasteiger partial charge in [0.2, 0.25) is 0 Å². The number of aliphatic imine (C=N–C) groups is 1. The van der Waals surface area contributed by atoms with Crippen LogP contribution in [0.15, 0.2) is 41.4 Å². The van der Waals surface area contributed by atoms with Crippen LogP contribution in [0.25, 0.3) is 0 Å². The molecule has 1 aliphatic carbocycles. The van der Waals surface area contributed by atoms with Crippen molar-refractivity contribution in [1.82, 2.24) is 10.6 Å². The largest absolute Gasteiger partial charge is 0.353 e. The Labute approximate surface area is 107 Å². The number of nitrogens with zero attached hydrogens (tertiary/aromatic N) is 1. The molecule has 0 fully saturated rings. The molecule has 0 saturated carbocycles. The summed E-state index contributed by atoms with van der Waals surface area (Å²) >= 11 is 0. The van der Waals surface area contributed by atoms with E-state index in [9.17, 15) is 4.39 Å². The van der Waals surface area contributed by atoms with E-state index in [0.717, 1.165) is 24.4 Å². The average Bonchev–Trinajstić information content (AvgIpc) is 2.87. The molecular formula is C14H18FN3. The number of hydrogen-bond donors (Lipinski definition) is 2. The Morgan fingerprint density at radius 3 is 2.83 bits per heavy atom. The Kier molecular flexibility index (Phi) is 4.34. The monoisotopic (exact) mass is 247 g/mol. The minimum atomic E-state index is -0.211. The molecule has 0 unspecified atom stereocenters. The van der Waals surface area contributed by atoms with Gasteiger partial charge in [0.1, 0.15) is 5.82 Å². The first-order valence-electron chi connectivity index (χ1n) is 6.14. The molecule has 0 aliphatic heterocycles. The summed E-state index contributed by atoms with van der Waals surface area (Å²) in [4.78, 5) is 4.16. The van der Waals surface area contributed by atoms with Crippen LogP contribution in [-0.4, -0.2) is 19.0 Å². The molecule has 2 rings (SSSR count). The van der Waals surface area contributed by atoms with Crippen molar-refractivity contribution in [3.05, 3.63) is 47.8 Å². The molecule has 0 saturated heterocycles. The SMILES string of the molecule is CN=C(NCc1cccc(F)c1)NC1CC=CC1. The van der Waals surface area contributed by atoms with Crippen molar-refractivity contribution in [2.24, 2.45) is 4.99 Å². The third-order valence-electron chi connectivity index (χ3n) is 2.92. The standard InChI is InChI=1S/C14H18FN3/c1-16-14(18-13-7-2-3-8-13)17-10-11-5-4-6-12(15)9-11/h2-6,9,13H,7-8,10H2,1H3,(H2,16,17,18). The first-order chi connectivity index (χ1) is 8.78. The smallest absolute Gasteiger partial charge is 0.191 e. The molecule has 1 aromatic carbocycles. The summed E-state index contributed by atoms with van der Waals surface area (Å²) in [5, 5.41) is 6.52. The van der Waals surface area contributed by atoms with Crippen molar-refractivity contribution in [3.8, 4) is 0 Å². The second kappa shape index (κ2) is 6.19. The molecule has 0 heterocycles. The normalized spacial score (nSPS) is 16.0. The van der Waals surface area contributed by atoms with Gasteiger partial charge in [-0.05, 0) is 30.5 Å². The number of nitrogens with one attached hydrogen (secondary N) is 2. The number of benzene rings is 1. The number of hydrogen-bond acceptors (Lipinski definition) is 1. The maximum atomic E-state index is 13.0. The van der Waals surface area contributed by atoms with Crippen molar-refractivity contribution in [1.29, 1.82) is 0 Å². The molecule has 0 radical (unpaired) electrons. The molecule has 1 aromatic rings. The minimum absolute atomic E-state index is 0.211. The summed E-state index contributed by atoms with van der Waals surface area (Å²) in [5.74, 6) is 0.546. The van der Waals surface area contributed by atoms with E-state index in [1.54, 1.807) is 13.1 Å². The van der Waals surface area contributed by atoms with Crippen molar-refractivity contribution < 1.29 is 4.39 Å². The molecule has 3 nitrogen and oxygen atoms in total. The van der Waals surface area contributed by atoms with Crippen molar-refractivity contribution >= 4 is 5.96 Å². The molecule has 0 amide bonds. The van der Waals surface area contributed by atoms with E-state index in [2.05, 4.69) is 27.8 Å². The summed E-state index contributed by atoms with van der Waals surface area (Å²) in [6.45, 7) is 0.567. The highest BCUT2D eigenvalue weighted by molar-refractivity contribution is 5.80. The number of halogens is 1. The second-order valence-electron chi connectivity index (χ2n) is 4.34. The molecule has 96 valence electrons. The second-order valence-corrected chi connectivity index (χ2v) is 4.34. The third-order valence-corrected chi connectivity index (χ3v) is 2.92. The predicted molar refractivity (Wildman–Crippen MR) is 71.9 cm³/mol. The molecule has 0 aromatic heterocycles. The van der Waals surface area contributed by atoms with E-state index in [4.69, 9.17) is 0 Å². The molecular weight excluding hydrogens is 229 g/mol. The lowest BCUT2D eigenvalue weighted by atomic mass is 10.2. The van der Waals surface area contributed by atoms with Crippen molar-refractivity contribution in [2.45, 2.75) is 25.4 Å². The Morgan fingerprint density at radius 1 is 1.39 bits per heavy atom. The molecule has 18 heavy (non-hydrogen) atoms. The summed E-state index contributed by atoms with van der Waals surface area (Å²) in [7, 11) is 1.74. The fourth-order valence-corrected chi connectivity index (χ4v) is 1.96. The van der Waals surface area contributed by atoms with Crippen LogP contribution in [0.1, 0.15) is 18.4 Å². The van der Waals surface area contributed by atoms with Crippen molar-refractivity contribution in [3.63, 3.8) is 0 Å². The Bertz CT molecular complexity index is 446. The molecule has 1 aliphatic rings. The summed E-state index contributed by atoms with van der Waals surface area (Å²) in [6, 6.07) is 6.99. The fourth-order valence-electron chi connectivity index (χ4n) is 1.96. The van der Waals surface area contributed by atoms with E-state index in [0.29, 0.717) is 12.6 Å². The van der Waals surface area contributed by atoms with Crippen LogP contribution >= 0.6 is 0 Å². The first-order valence-corrected chi connectivity index (χ1v) is 6.14. The maximum Gasteiger partial charge on any atom is 0.191 e. The zero-order chi connectivity index (χ0) is 12.8. The zero-order valence-corrected chi connectivity index (χ0v) is 10.5. The summed E-state index contributed by atoms with van der Waals surface area (Å²) < 4.78 is 13.0. The first kappa shape index (κ1) is 12.6. The van der Waals surface area contributed by atoms with Crippen LogP contribution in [0.5, 0.6) is 0 Å². The van der Waals surface area contributed by atoms with Gasteiger partial charge >= 0.3 is 0 Å². The Balaban J connectivity index is 1.83. The average molecular weight is 247 g/mol. The number of guanidine groups is 1. The molecule has 4 heteroatoms. The summed E-state index contributed by atoms with van der Waals surface area (Å²) in [6.07, 6.45) is 6.39. The lowest BCUT2D eigenvalue weighted by Crippen LogP contribution is -2.42. The molecule has 2 N–H and O–H groups in total. The van der Waals surface area contributed by atoms with E-state index >= 15 is 0 Å². The van der Waals surface area contributed by atoms with Crippen LogP contribution in [0, 0.1) is 5.82 Å². The third kappa shape index (κ3) is 3.58. The van der Waals surface area contributed by atoms with Gasteiger partial charge in [0.25, 0.3) is 0 Å². The van der Waals surface area contributed by atoms with Crippen LogP contribution < -0.4 is 10.6 Å². The van der Waals surface area contributed by atoms with E-state index < -0.39 is 0 Å². The van der Waals surface area contributed by atoms with Gasteiger partial charge in [0, 0.05) is 19.6 Å². The van der Waals surface area contributed by atoms with Gasteiger partial charge in [-0.2, -0.15) is 0 Å². The van der Waals surface area contributed by atoms with Gasteiger partial charge in [-0.25, -0.2) is 4.39 Å². The van der Waals surface area contributed by atoms with Crippen LogP contribution in [-0.2, 0) is 6.54 Å². The zero-order valence-electron chi connectivity index (χ0n) is 10.5. The van der Waals surface area contributed by atoms with Gasteiger partial charge in [-0.15, -0.1) is 0 Å². The van der Waals surface area contributed by atoms with Gasteiger partial charge in [-0.1, -0.05) is 24.3 Å². The van der Waals surface area contributed by atoms with Crippen molar-refractivity contribution in [2.75, 3.05) is 7.05 Å². The van der Waals surface area contributed by atoms with Gasteiger partial charge in [0.05, 0.1) is 0 Å². The van der Waals surface area contributed by atoms with Gasteiger partial charge in [0.15, 0.2) is 5.96 Å². The van der Waals surface area contributed by atoms with E-state index in [1.165, 1.54) is 12.1 Å². The van der Waals surface area contributed by atoms with E-state index in [-0.39, 0.29) is 5.82 Å². The Morgan fingerprint density at radius 2 is 2.17 bits per heavy atom. The van der Waals surface area contributed by atoms with E-state index in [1.807, 2.05) is 6.07 Å². The van der Waals surface area contributed by atoms with Crippen LogP contribution in [0.2, 0.25) is 0 Å². The number of rotatable bonds is 3. The van der Waals surface area contributed by atoms with Gasteiger partial charge in [-0.3, -0.25) is 4.99 Å². The summed E-state index contributed by atoms with van der Waals surface area (Å²) in [5.41, 5.74) is 0.905. The van der Waals surface area contributed by atoms with Crippen LogP contribution in [0.3, 0.4) is 0 Å². The lowest BCUT2D eigenvalue weighted by molar-refractivity contribution is 0.621. The topological polar surface area (TPSA) is 36.4 Å². The fraction of sp³-hybridized carbons (Fsp3) is 0.357. The molecule has 0 spiro atoms. The molecule has 0 bridgehead atoms. The predicted octanol–water partition coefficient (Wildman–Crippen LogP) is 2.21. The van der Waals surface area contributed by atoms with Crippen LogP contribution in [0.4, 0.5) is 4.39 Å².